The molecule has 0 bridgehead atoms. The van der Waals surface area contributed by atoms with Crippen molar-refractivity contribution in [1.29, 1.82) is 0 Å². The monoisotopic (exact) mass is 465 g/mol. The van der Waals surface area contributed by atoms with Crippen molar-refractivity contribution < 1.29 is 4.39 Å². The molecule has 3 heterocycles. The highest BCUT2D eigenvalue weighted by molar-refractivity contribution is 6.31. The molecule has 1 fully saturated rings. The molecule has 0 radical (unpaired) electrons. The second kappa shape index (κ2) is 9.33. The molecule has 0 unspecified atom stereocenters. The average Bonchev–Trinajstić information content (AvgIpc) is 3.44. The van der Waals surface area contributed by atoms with Crippen LogP contribution in [0, 0.1) is 5.82 Å². The van der Waals surface area contributed by atoms with Gasteiger partial charge in [0.2, 0.25) is 5.95 Å². The van der Waals surface area contributed by atoms with Crippen molar-refractivity contribution in [2.24, 2.45) is 0 Å². The number of hydrogen-bond acceptors (Lipinski definition) is 6. The van der Waals surface area contributed by atoms with Gasteiger partial charge >= 0.3 is 0 Å². The van der Waals surface area contributed by atoms with Crippen LogP contribution in [0.3, 0.4) is 0 Å². The Morgan fingerprint density at radius 1 is 1.06 bits per heavy atom. The van der Waals surface area contributed by atoms with Crippen LogP contribution in [0.1, 0.15) is 18.4 Å². The van der Waals surface area contributed by atoms with E-state index in [9.17, 15) is 4.39 Å². The number of rotatable bonds is 7. The maximum Gasteiger partial charge on any atom is 0.225 e. The van der Waals surface area contributed by atoms with Gasteiger partial charge in [0.1, 0.15) is 11.6 Å². The molecule has 7 nitrogen and oxygen atoms in total. The number of anilines is 2. The number of aromatic nitrogens is 4. The fraction of sp³-hybridized carbons (Fsp3) is 0.292. The van der Waals surface area contributed by atoms with Crippen molar-refractivity contribution in [2.75, 3.05) is 37.2 Å². The summed E-state index contributed by atoms with van der Waals surface area (Å²) in [5.74, 6) is 0.428. The van der Waals surface area contributed by atoms with Gasteiger partial charge in [0, 0.05) is 18.7 Å². The molecule has 1 saturated heterocycles. The lowest BCUT2D eigenvalue weighted by Crippen LogP contribution is -2.26. The van der Waals surface area contributed by atoms with Crippen molar-refractivity contribution >= 4 is 34.4 Å². The zero-order valence-electron chi connectivity index (χ0n) is 18.1. The fourth-order valence-electron chi connectivity index (χ4n) is 4.19. The number of halogens is 2. The number of fused-ring (bicyclic) bond motifs is 1. The third kappa shape index (κ3) is 4.62. The lowest BCUT2D eigenvalue weighted by Gasteiger charge is -2.15. The van der Waals surface area contributed by atoms with E-state index >= 15 is 0 Å². The molecule has 0 aliphatic carbocycles. The Balaban J connectivity index is 1.53. The van der Waals surface area contributed by atoms with Crippen LogP contribution in [-0.2, 0) is 6.54 Å². The average molecular weight is 466 g/mol. The second-order valence-corrected chi connectivity index (χ2v) is 8.63. The highest BCUT2D eigenvalue weighted by Gasteiger charge is 2.19. The summed E-state index contributed by atoms with van der Waals surface area (Å²) in [6.45, 7) is 4.39. The highest BCUT2D eigenvalue weighted by atomic mass is 35.5. The standard InChI is InChI=1S/C24H25ClFN7/c25-18-14-17(8-9-19(18)26)21-20-22(27)33(15-16-6-2-1-3-7-16)31-23(20)30-24(29-21)28-10-13-32-11-4-5-12-32/h1-3,6-9,14H,4-5,10-13,15,27H2,(H,28,30,31). The number of nitrogens with one attached hydrogen (secondary N) is 1. The van der Waals surface area contributed by atoms with Crippen LogP contribution in [0.25, 0.3) is 22.3 Å². The minimum Gasteiger partial charge on any atom is -0.383 e. The van der Waals surface area contributed by atoms with Crippen LogP contribution >= 0.6 is 11.6 Å². The Morgan fingerprint density at radius 2 is 1.85 bits per heavy atom. The predicted molar refractivity (Wildman–Crippen MR) is 130 cm³/mol. The van der Waals surface area contributed by atoms with E-state index in [0.717, 1.165) is 31.7 Å². The van der Waals surface area contributed by atoms with Gasteiger partial charge in [-0.15, -0.1) is 5.10 Å². The topological polar surface area (TPSA) is 84.9 Å². The lowest BCUT2D eigenvalue weighted by atomic mass is 10.1. The maximum absolute atomic E-state index is 13.8. The van der Waals surface area contributed by atoms with Gasteiger partial charge in [-0.3, -0.25) is 0 Å². The first kappa shape index (κ1) is 21.6. The van der Waals surface area contributed by atoms with E-state index < -0.39 is 5.82 Å². The van der Waals surface area contributed by atoms with Gasteiger partial charge in [0.25, 0.3) is 0 Å². The Labute approximate surface area is 196 Å². The van der Waals surface area contributed by atoms with Crippen LogP contribution in [0.4, 0.5) is 16.2 Å². The minimum absolute atomic E-state index is 0.0260. The molecule has 9 heteroatoms. The number of nitrogen functional groups attached to an aromatic ring is 1. The van der Waals surface area contributed by atoms with E-state index in [-0.39, 0.29) is 5.02 Å². The Kier molecular flexibility index (Phi) is 6.11. The smallest absolute Gasteiger partial charge is 0.225 e. The summed E-state index contributed by atoms with van der Waals surface area (Å²) in [6, 6.07) is 14.5. The molecule has 2 aromatic heterocycles. The Hall–Kier alpha value is -3.23. The molecular formula is C24H25ClFN7. The molecule has 0 spiro atoms. The van der Waals surface area contributed by atoms with Gasteiger partial charge in [0.15, 0.2) is 5.65 Å². The summed E-state index contributed by atoms with van der Waals surface area (Å²) in [5.41, 5.74) is 9.29. The first-order chi connectivity index (χ1) is 16.1. The van der Waals surface area contributed by atoms with Crippen molar-refractivity contribution in [3.8, 4) is 11.3 Å². The third-order valence-electron chi connectivity index (χ3n) is 5.92. The Bertz CT molecular complexity index is 1270. The van der Waals surface area contributed by atoms with Crippen molar-refractivity contribution in [2.45, 2.75) is 19.4 Å². The van der Waals surface area contributed by atoms with Crippen LogP contribution in [0.5, 0.6) is 0 Å². The van der Waals surface area contributed by atoms with E-state index in [0.29, 0.717) is 40.6 Å². The maximum atomic E-state index is 13.8. The lowest BCUT2D eigenvalue weighted by molar-refractivity contribution is 0.352. The molecule has 0 amide bonds. The Morgan fingerprint density at radius 3 is 2.61 bits per heavy atom. The van der Waals surface area contributed by atoms with Crippen molar-refractivity contribution in [3.63, 3.8) is 0 Å². The molecule has 4 aromatic rings. The van der Waals surface area contributed by atoms with Crippen molar-refractivity contribution in [1.82, 2.24) is 24.6 Å². The minimum atomic E-state index is -0.484. The SMILES string of the molecule is Nc1c2c(-c3ccc(F)c(Cl)c3)nc(NCCN3CCCC3)nc2nn1Cc1ccccc1. The van der Waals surface area contributed by atoms with E-state index in [1.54, 1.807) is 16.8 Å². The van der Waals surface area contributed by atoms with Gasteiger partial charge in [-0.25, -0.2) is 14.1 Å². The quantitative estimate of drug-likeness (QED) is 0.420. The van der Waals surface area contributed by atoms with Crippen LogP contribution in [0.15, 0.2) is 48.5 Å². The number of likely N-dealkylation sites (tertiary alicyclic amines) is 1. The fourth-order valence-corrected chi connectivity index (χ4v) is 4.38. The van der Waals surface area contributed by atoms with Gasteiger partial charge in [-0.1, -0.05) is 41.9 Å². The zero-order valence-corrected chi connectivity index (χ0v) is 18.9. The number of nitrogens with two attached hydrogens (primary N) is 1. The summed E-state index contributed by atoms with van der Waals surface area (Å²) in [4.78, 5) is 11.8. The predicted octanol–water partition coefficient (Wildman–Crippen LogP) is 4.42. The van der Waals surface area contributed by atoms with E-state index in [2.05, 4.69) is 20.3 Å². The first-order valence-electron chi connectivity index (χ1n) is 11.1. The summed E-state index contributed by atoms with van der Waals surface area (Å²) in [7, 11) is 0. The second-order valence-electron chi connectivity index (χ2n) is 8.23. The molecule has 0 saturated carbocycles. The molecule has 5 rings (SSSR count). The third-order valence-corrected chi connectivity index (χ3v) is 6.21. The molecule has 1 aliphatic rings. The van der Waals surface area contributed by atoms with Gasteiger partial charge < -0.3 is 16.0 Å². The molecule has 1 aliphatic heterocycles. The number of benzene rings is 2. The van der Waals surface area contributed by atoms with Crippen LogP contribution < -0.4 is 11.1 Å². The van der Waals surface area contributed by atoms with E-state index in [1.165, 1.54) is 18.9 Å². The van der Waals surface area contributed by atoms with E-state index in [1.807, 2.05) is 30.3 Å². The van der Waals surface area contributed by atoms with Crippen LogP contribution in [0.2, 0.25) is 5.02 Å². The molecular weight excluding hydrogens is 441 g/mol. The summed E-state index contributed by atoms with van der Waals surface area (Å²) in [5, 5.41) is 8.63. The van der Waals surface area contributed by atoms with Crippen molar-refractivity contribution in [3.05, 3.63) is 64.9 Å². The highest BCUT2D eigenvalue weighted by Crippen LogP contribution is 2.33. The van der Waals surface area contributed by atoms with Gasteiger partial charge in [-0.2, -0.15) is 4.98 Å². The molecule has 170 valence electrons. The zero-order chi connectivity index (χ0) is 22.8. The van der Waals surface area contributed by atoms with Crippen LogP contribution in [-0.4, -0.2) is 50.8 Å². The summed E-state index contributed by atoms with van der Waals surface area (Å²) < 4.78 is 15.5. The van der Waals surface area contributed by atoms with Gasteiger partial charge in [-0.05, 0) is 49.7 Å². The van der Waals surface area contributed by atoms with Gasteiger partial charge in [0.05, 0.1) is 22.6 Å². The summed E-state index contributed by atoms with van der Waals surface area (Å²) >= 11 is 6.07. The normalized spacial score (nSPS) is 14.2. The molecule has 0 atom stereocenters. The number of nitrogens with zero attached hydrogens (tertiary/aromatic N) is 5. The number of hydrogen-bond donors (Lipinski definition) is 2. The molecule has 3 N–H and O–H groups in total. The summed E-state index contributed by atoms with van der Waals surface area (Å²) in [6.07, 6.45) is 2.49. The molecule has 2 aromatic carbocycles. The first-order valence-corrected chi connectivity index (χ1v) is 11.5. The largest absolute Gasteiger partial charge is 0.383 e. The van der Waals surface area contributed by atoms with E-state index in [4.69, 9.17) is 22.3 Å². The molecule has 33 heavy (non-hydrogen) atoms.